The summed E-state index contributed by atoms with van der Waals surface area (Å²) >= 11 is 0. The number of aldehydes is 1. The molecule has 0 bridgehead atoms. The molecule has 0 saturated heterocycles. The van der Waals surface area contributed by atoms with Gasteiger partial charge in [0.1, 0.15) is 11.8 Å². The van der Waals surface area contributed by atoms with Crippen LogP contribution in [-0.4, -0.2) is 31.7 Å². The molecule has 3 aromatic heterocycles. The minimum absolute atomic E-state index is 0.0852. The zero-order chi connectivity index (χ0) is 15.8. The van der Waals surface area contributed by atoms with Crippen molar-refractivity contribution in [2.24, 2.45) is 0 Å². The van der Waals surface area contributed by atoms with Gasteiger partial charge in [-0.3, -0.25) is 10.2 Å². The predicted molar refractivity (Wildman–Crippen MR) is 87.3 cm³/mol. The van der Waals surface area contributed by atoms with Gasteiger partial charge in [0.15, 0.2) is 0 Å². The van der Waals surface area contributed by atoms with Gasteiger partial charge >= 0.3 is 0 Å². The second-order valence-corrected chi connectivity index (χ2v) is 5.62. The molecule has 1 atom stereocenters. The summed E-state index contributed by atoms with van der Waals surface area (Å²) in [7, 11) is 0. The van der Waals surface area contributed by atoms with Gasteiger partial charge in [-0.2, -0.15) is 10.2 Å². The maximum atomic E-state index is 10.7. The summed E-state index contributed by atoms with van der Waals surface area (Å²) < 4.78 is 0. The van der Waals surface area contributed by atoms with E-state index >= 15 is 0 Å². The standard InChI is InChI=1S/C17H15N5O/c1-10(11-2-4-14-12(8-11)9-18-20-14)16-17-15(21-22-16)5-3-13(19-17)6-7-23/h2-5,7-10H,6H2,1H3,(H,18,20)(H,21,22). The second-order valence-electron chi connectivity index (χ2n) is 5.62. The van der Waals surface area contributed by atoms with Gasteiger partial charge < -0.3 is 4.79 Å². The number of nitrogens with one attached hydrogen (secondary N) is 2. The number of hydrogen-bond acceptors (Lipinski definition) is 4. The van der Waals surface area contributed by atoms with E-state index in [-0.39, 0.29) is 5.92 Å². The lowest BCUT2D eigenvalue weighted by atomic mass is 9.96. The van der Waals surface area contributed by atoms with Crippen molar-refractivity contribution in [2.75, 3.05) is 0 Å². The number of carbonyl (C=O) groups excluding carboxylic acids is 1. The zero-order valence-electron chi connectivity index (χ0n) is 12.6. The average molecular weight is 305 g/mol. The summed E-state index contributed by atoms with van der Waals surface area (Å²) in [6, 6.07) is 9.97. The third-order valence-electron chi connectivity index (χ3n) is 4.16. The molecule has 0 saturated carbocycles. The Balaban J connectivity index is 1.80. The fraction of sp³-hybridized carbons (Fsp3) is 0.176. The highest BCUT2D eigenvalue weighted by Crippen LogP contribution is 2.29. The highest BCUT2D eigenvalue weighted by atomic mass is 16.1. The van der Waals surface area contributed by atoms with Crippen molar-refractivity contribution < 1.29 is 4.79 Å². The van der Waals surface area contributed by atoms with Crippen molar-refractivity contribution in [3.05, 3.63) is 53.5 Å². The molecule has 2 N–H and O–H groups in total. The molecule has 0 amide bonds. The van der Waals surface area contributed by atoms with Gasteiger partial charge in [-0.25, -0.2) is 4.98 Å². The molecule has 0 fully saturated rings. The fourth-order valence-corrected chi connectivity index (χ4v) is 2.85. The number of carbonyl (C=O) groups is 1. The Morgan fingerprint density at radius 3 is 2.91 bits per heavy atom. The van der Waals surface area contributed by atoms with Crippen LogP contribution in [0.4, 0.5) is 0 Å². The second kappa shape index (κ2) is 5.31. The molecule has 6 nitrogen and oxygen atoms in total. The van der Waals surface area contributed by atoms with Gasteiger partial charge in [-0.05, 0) is 29.8 Å². The summed E-state index contributed by atoms with van der Waals surface area (Å²) in [4.78, 5) is 15.3. The average Bonchev–Trinajstić information content (AvgIpc) is 3.20. The van der Waals surface area contributed by atoms with Crippen LogP contribution < -0.4 is 0 Å². The van der Waals surface area contributed by atoms with E-state index in [4.69, 9.17) is 0 Å². The molecular weight excluding hydrogens is 290 g/mol. The third kappa shape index (κ3) is 2.28. The number of aromatic nitrogens is 5. The highest BCUT2D eigenvalue weighted by Gasteiger charge is 2.17. The van der Waals surface area contributed by atoms with Gasteiger partial charge in [0.05, 0.1) is 22.9 Å². The van der Waals surface area contributed by atoms with Crippen LogP contribution in [0.25, 0.3) is 21.9 Å². The number of rotatable bonds is 4. The van der Waals surface area contributed by atoms with Gasteiger partial charge in [0.25, 0.3) is 0 Å². The first-order valence-corrected chi connectivity index (χ1v) is 7.47. The smallest absolute Gasteiger partial charge is 0.125 e. The van der Waals surface area contributed by atoms with E-state index in [2.05, 4.69) is 44.4 Å². The summed E-state index contributed by atoms with van der Waals surface area (Å²) in [6.45, 7) is 2.10. The lowest BCUT2D eigenvalue weighted by molar-refractivity contribution is -0.107. The maximum Gasteiger partial charge on any atom is 0.125 e. The molecule has 0 aliphatic heterocycles. The Morgan fingerprint density at radius 2 is 2.04 bits per heavy atom. The Labute approximate surface area is 131 Å². The summed E-state index contributed by atoms with van der Waals surface area (Å²) in [6.07, 6.45) is 2.99. The van der Waals surface area contributed by atoms with Crippen molar-refractivity contribution in [3.8, 4) is 0 Å². The predicted octanol–water partition coefficient (Wildman–Crippen LogP) is 2.73. The quantitative estimate of drug-likeness (QED) is 0.567. The van der Waals surface area contributed by atoms with E-state index in [1.54, 1.807) is 0 Å². The molecule has 6 heteroatoms. The molecule has 4 aromatic rings. The minimum Gasteiger partial charge on any atom is -0.303 e. The third-order valence-corrected chi connectivity index (χ3v) is 4.16. The molecule has 23 heavy (non-hydrogen) atoms. The Bertz CT molecular complexity index is 1000. The molecule has 0 spiro atoms. The Hall–Kier alpha value is -3.02. The SMILES string of the molecule is CC(c1ccc2[nH]ncc2c1)c1n[nH]c2ccc(CC=O)nc12. The zero-order valence-corrected chi connectivity index (χ0v) is 12.6. The van der Waals surface area contributed by atoms with E-state index in [0.717, 1.165) is 45.2 Å². The van der Waals surface area contributed by atoms with Gasteiger partial charge in [0.2, 0.25) is 0 Å². The van der Waals surface area contributed by atoms with E-state index in [1.807, 2.05) is 24.4 Å². The van der Waals surface area contributed by atoms with Crippen LogP contribution in [-0.2, 0) is 11.2 Å². The van der Waals surface area contributed by atoms with Crippen molar-refractivity contribution in [1.29, 1.82) is 0 Å². The van der Waals surface area contributed by atoms with Crippen LogP contribution in [0, 0.1) is 0 Å². The van der Waals surface area contributed by atoms with Crippen LogP contribution in [0.2, 0.25) is 0 Å². The first-order valence-electron chi connectivity index (χ1n) is 7.47. The molecule has 0 aliphatic rings. The summed E-state index contributed by atoms with van der Waals surface area (Å²) in [5.74, 6) is 0.0852. The maximum absolute atomic E-state index is 10.7. The molecule has 1 unspecified atom stereocenters. The summed E-state index contributed by atoms with van der Waals surface area (Å²) in [5, 5.41) is 15.5. The number of fused-ring (bicyclic) bond motifs is 2. The fourth-order valence-electron chi connectivity index (χ4n) is 2.85. The van der Waals surface area contributed by atoms with Gasteiger partial charge in [-0.15, -0.1) is 0 Å². The number of H-pyrrole nitrogens is 2. The molecule has 114 valence electrons. The minimum atomic E-state index is 0.0852. The lowest BCUT2D eigenvalue weighted by Crippen LogP contribution is -1.99. The van der Waals surface area contributed by atoms with Crippen molar-refractivity contribution in [3.63, 3.8) is 0 Å². The van der Waals surface area contributed by atoms with E-state index in [1.165, 1.54) is 0 Å². The Morgan fingerprint density at radius 1 is 1.17 bits per heavy atom. The number of hydrogen-bond donors (Lipinski definition) is 2. The number of nitrogens with zero attached hydrogens (tertiary/aromatic N) is 3. The van der Waals surface area contributed by atoms with Crippen LogP contribution in [0.5, 0.6) is 0 Å². The molecule has 0 aliphatic carbocycles. The van der Waals surface area contributed by atoms with E-state index < -0.39 is 0 Å². The first-order chi connectivity index (χ1) is 11.3. The Kier molecular flexibility index (Phi) is 3.15. The number of aromatic amines is 2. The molecule has 0 radical (unpaired) electrons. The van der Waals surface area contributed by atoms with Crippen molar-refractivity contribution >= 4 is 28.2 Å². The van der Waals surface area contributed by atoms with Crippen molar-refractivity contribution in [2.45, 2.75) is 19.3 Å². The largest absolute Gasteiger partial charge is 0.303 e. The van der Waals surface area contributed by atoms with E-state index in [9.17, 15) is 4.79 Å². The van der Waals surface area contributed by atoms with Crippen LogP contribution in [0.1, 0.15) is 29.8 Å². The van der Waals surface area contributed by atoms with E-state index in [0.29, 0.717) is 6.42 Å². The lowest BCUT2D eigenvalue weighted by Gasteiger charge is -2.09. The van der Waals surface area contributed by atoms with Crippen LogP contribution in [0.15, 0.2) is 36.5 Å². The van der Waals surface area contributed by atoms with Crippen LogP contribution >= 0.6 is 0 Å². The topological polar surface area (TPSA) is 87.3 Å². The number of pyridine rings is 1. The normalized spacial score (nSPS) is 12.7. The molecule has 1 aromatic carbocycles. The van der Waals surface area contributed by atoms with Crippen LogP contribution in [0.3, 0.4) is 0 Å². The monoisotopic (exact) mass is 305 g/mol. The van der Waals surface area contributed by atoms with Crippen molar-refractivity contribution in [1.82, 2.24) is 25.4 Å². The van der Waals surface area contributed by atoms with Gasteiger partial charge in [0, 0.05) is 23.4 Å². The highest BCUT2D eigenvalue weighted by molar-refractivity contribution is 5.81. The first kappa shape index (κ1) is 13.6. The molecule has 4 rings (SSSR count). The number of benzene rings is 1. The molecular formula is C17H15N5O. The summed E-state index contributed by atoms with van der Waals surface area (Å²) in [5.41, 5.74) is 5.51. The molecule has 3 heterocycles. The van der Waals surface area contributed by atoms with Gasteiger partial charge in [-0.1, -0.05) is 13.0 Å².